The Hall–Kier alpha value is -3.77. The van der Waals surface area contributed by atoms with E-state index in [9.17, 15) is 4.79 Å². The maximum absolute atomic E-state index is 13.1. The lowest BCUT2D eigenvalue weighted by Gasteiger charge is -2.32. The first-order chi connectivity index (χ1) is 18.6. The van der Waals surface area contributed by atoms with Gasteiger partial charge in [0, 0.05) is 24.8 Å². The van der Waals surface area contributed by atoms with Crippen LogP contribution in [0.15, 0.2) is 28.7 Å². The fourth-order valence-corrected chi connectivity index (χ4v) is 6.86. The molecule has 0 saturated heterocycles. The molecule has 0 atom stereocenters. The summed E-state index contributed by atoms with van der Waals surface area (Å²) in [4.78, 5) is 23.9. The number of hydrogen-bond donors (Lipinski definition) is 3. The Morgan fingerprint density at radius 3 is 2.54 bits per heavy atom. The Labute approximate surface area is 230 Å². The van der Waals surface area contributed by atoms with Crippen molar-refractivity contribution in [1.29, 1.82) is 0 Å². The molecule has 1 amide bonds. The standard InChI is InChI=1S/C27H38N6O5Si/c1-17-15-18-21(39(6,7)14-12-28-18)16-20(17)38-22-10-9-19(37-22)24(34)30-23-25(35-4)31-27(32-26(23)36-5)29-11-8-13-33(2)3/h9-10,15-16,28H,8,11-14H2,1-7H3,(H,30,34)(H,29,31,32). The summed E-state index contributed by atoms with van der Waals surface area (Å²) in [7, 11) is 5.41. The van der Waals surface area contributed by atoms with Crippen LogP contribution in [-0.2, 0) is 0 Å². The van der Waals surface area contributed by atoms with Crippen molar-refractivity contribution in [2.24, 2.45) is 0 Å². The number of rotatable bonds is 11. The number of nitrogens with one attached hydrogen (secondary N) is 3. The molecule has 39 heavy (non-hydrogen) atoms. The molecule has 3 N–H and O–H groups in total. The van der Waals surface area contributed by atoms with Crippen LogP contribution in [-0.4, -0.2) is 76.8 Å². The molecule has 11 nitrogen and oxygen atoms in total. The molecule has 0 fully saturated rings. The highest BCUT2D eigenvalue weighted by Crippen LogP contribution is 2.34. The number of aryl methyl sites for hydroxylation is 1. The zero-order chi connectivity index (χ0) is 28.2. The number of hydrogen-bond acceptors (Lipinski definition) is 10. The van der Waals surface area contributed by atoms with E-state index in [1.165, 1.54) is 25.1 Å². The Morgan fingerprint density at radius 1 is 1.15 bits per heavy atom. The number of aromatic nitrogens is 2. The van der Waals surface area contributed by atoms with Gasteiger partial charge < -0.3 is 39.5 Å². The number of carbonyl (C=O) groups is 1. The van der Waals surface area contributed by atoms with Crippen LogP contribution in [0.25, 0.3) is 0 Å². The fraction of sp³-hybridized carbons (Fsp3) is 0.444. The number of carbonyl (C=O) groups excluding carboxylic acids is 1. The molecule has 0 saturated carbocycles. The van der Waals surface area contributed by atoms with Crippen molar-refractivity contribution < 1.29 is 23.4 Å². The predicted octanol–water partition coefficient (Wildman–Crippen LogP) is 4.14. The second-order valence-corrected chi connectivity index (χ2v) is 15.2. The Balaban J connectivity index is 1.48. The third-order valence-corrected chi connectivity index (χ3v) is 10.0. The third-order valence-electron chi connectivity index (χ3n) is 6.66. The van der Waals surface area contributed by atoms with Crippen molar-refractivity contribution in [3.63, 3.8) is 0 Å². The zero-order valence-electron chi connectivity index (χ0n) is 23.7. The maximum Gasteiger partial charge on any atom is 0.291 e. The summed E-state index contributed by atoms with van der Waals surface area (Å²) in [5.41, 5.74) is 2.37. The smallest absolute Gasteiger partial charge is 0.291 e. The number of methoxy groups -OCH3 is 2. The molecule has 0 aliphatic carbocycles. The highest BCUT2D eigenvalue weighted by Gasteiger charge is 2.30. The van der Waals surface area contributed by atoms with E-state index >= 15 is 0 Å². The van der Waals surface area contributed by atoms with E-state index < -0.39 is 14.0 Å². The van der Waals surface area contributed by atoms with E-state index in [1.54, 1.807) is 12.1 Å². The van der Waals surface area contributed by atoms with Gasteiger partial charge in [-0.15, -0.1) is 0 Å². The summed E-state index contributed by atoms with van der Waals surface area (Å²) >= 11 is 0. The largest absolute Gasteiger partial charge is 0.479 e. The van der Waals surface area contributed by atoms with Gasteiger partial charge in [-0.2, -0.15) is 9.97 Å². The molecule has 0 unspecified atom stereocenters. The van der Waals surface area contributed by atoms with Crippen LogP contribution in [0.1, 0.15) is 22.5 Å². The lowest BCUT2D eigenvalue weighted by molar-refractivity contribution is 0.0990. The number of ether oxygens (including phenoxy) is 3. The average Bonchev–Trinajstić information content (AvgIpc) is 3.36. The molecule has 0 spiro atoms. The van der Waals surface area contributed by atoms with Crippen LogP contribution >= 0.6 is 0 Å². The highest BCUT2D eigenvalue weighted by molar-refractivity contribution is 6.91. The summed E-state index contributed by atoms with van der Waals surface area (Å²) in [6.45, 7) is 9.32. The molecule has 3 aromatic rings. The van der Waals surface area contributed by atoms with Crippen molar-refractivity contribution in [3.05, 3.63) is 35.6 Å². The van der Waals surface area contributed by atoms with Gasteiger partial charge in [0.1, 0.15) is 5.75 Å². The lowest BCUT2D eigenvalue weighted by Crippen LogP contribution is -2.47. The number of anilines is 3. The molecule has 210 valence electrons. The van der Waals surface area contributed by atoms with E-state index in [-0.39, 0.29) is 29.2 Å². The van der Waals surface area contributed by atoms with Crippen molar-refractivity contribution >= 4 is 36.5 Å². The molecule has 3 heterocycles. The van der Waals surface area contributed by atoms with Crippen LogP contribution in [0.3, 0.4) is 0 Å². The second-order valence-electron chi connectivity index (χ2n) is 10.4. The molecule has 0 radical (unpaired) electrons. The summed E-state index contributed by atoms with van der Waals surface area (Å²) in [6, 6.07) is 8.57. The number of fused-ring (bicyclic) bond motifs is 1. The highest BCUT2D eigenvalue weighted by atomic mass is 28.3. The lowest BCUT2D eigenvalue weighted by atomic mass is 10.2. The van der Waals surface area contributed by atoms with Gasteiger partial charge in [0.15, 0.2) is 11.4 Å². The first kappa shape index (κ1) is 28.2. The third kappa shape index (κ3) is 6.63. The monoisotopic (exact) mass is 554 g/mol. The van der Waals surface area contributed by atoms with E-state index in [0.717, 1.165) is 31.1 Å². The van der Waals surface area contributed by atoms with Crippen molar-refractivity contribution in [1.82, 2.24) is 14.9 Å². The topological polar surface area (TPSA) is 123 Å². The molecular formula is C27H38N6O5Si. The number of amides is 1. The van der Waals surface area contributed by atoms with E-state index in [0.29, 0.717) is 18.2 Å². The van der Waals surface area contributed by atoms with Crippen molar-refractivity contribution in [3.8, 4) is 23.5 Å². The summed E-state index contributed by atoms with van der Waals surface area (Å²) in [5, 5.41) is 10.7. The van der Waals surface area contributed by atoms with Crippen molar-refractivity contribution in [2.45, 2.75) is 32.5 Å². The SMILES string of the molecule is COc1nc(NCCCN(C)C)nc(OC)c1NC(=O)c1ccc(Oc2cc3c(cc2C)NCC[Si]3(C)C)o1. The van der Waals surface area contributed by atoms with E-state index in [4.69, 9.17) is 18.6 Å². The number of nitrogens with zero attached hydrogens (tertiary/aromatic N) is 3. The normalized spacial score (nSPS) is 13.8. The minimum Gasteiger partial charge on any atom is -0.479 e. The maximum atomic E-state index is 13.1. The predicted molar refractivity (Wildman–Crippen MR) is 155 cm³/mol. The summed E-state index contributed by atoms with van der Waals surface area (Å²) in [5.74, 6) is 1.15. The molecule has 12 heteroatoms. The molecule has 1 aromatic carbocycles. The second kappa shape index (κ2) is 12.0. The van der Waals surface area contributed by atoms with E-state index in [2.05, 4.69) is 56.0 Å². The molecule has 4 rings (SSSR count). The molecule has 0 bridgehead atoms. The van der Waals surface area contributed by atoms with Gasteiger partial charge in [-0.05, 0) is 69.0 Å². The first-order valence-corrected chi connectivity index (χ1v) is 16.2. The van der Waals surface area contributed by atoms with Crippen LogP contribution < -0.4 is 35.3 Å². The van der Waals surface area contributed by atoms with Crippen LogP contribution in [0, 0.1) is 6.92 Å². The molecule has 2 aromatic heterocycles. The van der Waals surface area contributed by atoms with Crippen LogP contribution in [0.4, 0.5) is 17.3 Å². The van der Waals surface area contributed by atoms with Gasteiger partial charge in [0.2, 0.25) is 17.7 Å². The van der Waals surface area contributed by atoms with Crippen LogP contribution in [0.5, 0.6) is 23.5 Å². The molecular weight excluding hydrogens is 516 g/mol. The van der Waals surface area contributed by atoms with Crippen LogP contribution in [0.2, 0.25) is 19.1 Å². The van der Waals surface area contributed by atoms with E-state index in [1.807, 2.05) is 21.0 Å². The Bertz CT molecular complexity index is 1300. The minimum absolute atomic E-state index is 0.0620. The fourth-order valence-electron chi connectivity index (χ4n) is 4.43. The quantitative estimate of drug-likeness (QED) is 0.235. The zero-order valence-corrected chi connectivity index (χ0v) is 24.7. The Kier molecular flexibility index (Phi) is 8.65. The molecule has 1 aliphatic rings. The van der Waals surface area contributed by atoms with Gasteiger partial charge >= 0.3 is 0 Å². The van der Waals surface area contributed by atoms with Gasteiger partial charge in [-0.25, -0.2) is 0 Å². The van der Waals surface area contributed by atoms with Gasteiger partial charge in [-0.3, -0.25) is 4.79 Å². The minimum atomic E-state index is -1.55. The van der Waals surface area contributed by atoms with Gasteiger partial charge in [-0.1, -0.05) is 13.1 Å². The summed E-state index contributed by atoms with van der Waals surface area (Å²) < 4.78 is 22.7. The Morgan fingerprint density at radius 2 is 1.87 bits per heavy atom. The number of furan rings is 1. The van der Waals surface area contributed by atoms with Gasteiger partial charge in [0.05, 0.1) is 22.3 Å². The first-order valence-electron chi connectivity index (χ1n) is 13.0. The number of benzene rings is 1. The van der Waals surface area contributed by atoms with Gasteiger partial charge in [0.25, 0.3) is 11.9 Å². The average molecular weight is 555 g/mol. The molecule has 1 aliphatic heterocycles. The van der Waals surface area contributed by atoms with Crippen molar-refractivity contribution in [2.75, 3.05) is 63.9 Å². The summed E-state index contributed by atoms with van der Waals surface area (Å²) in [6.07, 6.45) is 0.907.